The molecule has 0 aliphatic carbocycles. The molecule has 0 bridgehead atoms. The van der Waals surface area contributed by atoms with E-state index in [1.54, 1.807) is 11.9 Å². The average Bonchev–Trinajstić information content (AvgIpc) is 2.41. The molecule has 0 aromatic heterocycles. The van der Waals surface area contributed by atoms with Gasteiger partial charge in [-0.05, 0) is 0 Å². The zero-order valence-electron chi connectivity index (χ0n) is 10.2. The number of rotatable bonds is 3. The summed E-state index contributed by atoms with van der Waals surface area (Å²) in [5, 5.41) is 0. The van der Waals surface area contributed by atoms with Crippen LogP contribution in [0.5, 0.6) is 0 Å². The van der Waals surface area contributed by atoms with E-state index in [4.69, 9.17) is 0 Å². The quantitative estimate of drug-likeness (QED) is 0.750. The third-order valence-corrected chi connectivity index (χ3v) is 2.79. The molecular weight excluding hydrogens is 216 g/mol. The van der Waals surface area contributed by atoms with Crippen LogP contribution < -0.4 is 0 Å². The van der Waals surface area contributed by atoms with E-state index < -0.39 is 11.5 Å². The number of hydrogen-bond donors (Lipinski definition) is 0. The minimum absolute atomic E-state index is 0.00678. The molecule has 1 heterocycles. The monoisotopic (exact) mass is 235 g/mol. The van der Waals surface area contributed by atoms with Crippen LogP contribution in [0.25, 0.3) is 0 Å². The van der Waals surface area contributed by atoms with Crippen LogP contribution in [0, 0.1) is 11.3 Å². The molecule has 3 nitrogen and oxygen atoms in total. The van der Waals surface area contributed by atoms with Gasteiger partial charge in [0.25, 0.3) is 0 Å². The predicted octanol–water partition coefficient (Wildman–Crippen LogP) is 2.12. The first-order chi connectivity index (χ1) is 7.13. The molecule has 0 radical (unpaired) electrons. The highest BCUT2D eigenvalue weighted by Gasteiger charge is 2.45. The van der Waals surface area contributed by atoms with Gasteiger partial charge in [0.05, 0.1) is 12.0 Å². The summed E-state index contributed by atoms with van der Waals surface area (Å²) in [4.78, 5) is 12.7. The molecule has 5 heteroatoms. The van der Waals surface area contributed by atoms with Gasteiger partial charge in [0.1, 0.15) is 0 Å². The maximum atomic E-state index is 13.5. The van der Waals surface area contributed by atoms with Gasteiger partial charge in [0, 0.05) is 25.9 Å². The Morgan fingerprint density at radius 1 is 1.44 bits per heavy atom. The third kappa shape index (κ3) is 2.90. The van der Waals surface area contributed by atoms with Gasteiger partial charge in [-0.3, -0.25) is 4.79 Å². The van der Waals surface area contributed by atoms with E-state index in [1.165, 1.54) is 20.8 Å². The molecule has 0 N–H and O–H groups in total. The van der Waals surface area contributed by atoms with Crippen LogP contribution >= 0.6 is 0 Å². The number of alkyl halides is 2. The molecule has 1 aliphatic heterocycles. The summed E-state index contributed by atoms with van der Waals surface area (Å²) in [7, 11) is 1.67. The van der Waals surface area contributed by atoms with Crippen LogP contribution in [-0.2, 0) is 9.53 Å². The zero-order chi connectivity index (χ0) is 12.6. The first kappa shape index (κ1) is 13.4. The predicted molar refractivity (Wildman–Crippen MR) is 56.1 cm³/mol. The number of ether oxygens (including phenoxy) is 1. The Morgan fingerprint density at radius 2 is 2.00 bits per heavy atom. The van der Waals surface area contributed by atoms with Crippen LogP contribution in [0.2, 0.25) is 0 Å². The summed E-state index contributed by atoms with van der Waals surface area (Å²) in [6.45, 7) is 4.72. The van der Waals surface area contributed by atoms with E-state index in [2.05, 4.69) is 4.74 Å². The molecule has 0 aromatic carbocycles. The molecule has 1 fully saturated rings. The SMILES string of the molecule is CN1CC(COC(F)(F)C(C)(C)C)CC1=O. The molecule has 0 saturated carbocycles. The second kappa shape index (κ2) is 4.28. The lowest BCUT2D eigenvalue weighted by Gasteiger charge is -2.30. The van der Waals surface area contributed by atoms with Gasteiger partial charge in [-0.1, -0.05) is 20.8 Å². The molecule has 1 saturated heterocycles. The van der Waals surface area contributed by atoms with E-state index >= 15 is 0 Å². The van der Waals surface area contributed by atoms with Crippen molar-refractivity contribution in [3.05, 3.63) is 0 Å². The minimum Gasteiger partial charge on any atom is -0.345 e. The van der Waals surface area contributed by atoms with Gasteiger partial charge < -0.3 is 9.64 Å². The minimum atomic E-state index is -3.16. The van der Waals surface area contributed by atoms with E-state index in [0.717, 1.165) is 0 Å². The molecule has 16 heavy (non-hydrogen) atoms. The first-order valence-corrected chi connectivity index (χ1v) is 5.39. The normalized spacial score (nSPS) is 23.0. The second-order valence-corrected chi connectivity index (χ2v) is 5.42. The topological polar surface area (TPSA) is 29.5 Å². The van der Waals surface area contributed by atoms with Gasteiger partial charge in [-0.25, -0.2) is 0 Å². The zero-order valence-corrected chi connectivity index (χ0v) is 10.2. The molecule has 0 aromatic rings. The molecule has 94 valence electrons. The summed E-state index contributed by atoms with van der Waals surface area (Å²) in [6, 6.07) is 0. The fourth-order valence-electron chi connectivity index (χ4n) is 1.51. The van der Waals surface area contributed by atoms with Crippen LogP contribution in [0.4, 0.5) is 8.78 Å². The van der Waals surface area contributed by atoms with Crippen molar-refractivity contribution in [1.82, 2.24) is 4.90 Å². The highest BCUT2D eigenvalue weighted by atomic mass is 19.3. The van der Waals surface area contributed by atoms with Crippen molar-refractivity contribution in [3.63, 3.8) is 0 Å². The largest absolute Gasteiger partial charge is 0.360 e. The van der Waals surface area contributed by atoms with E-state index in [9.17, 15) is 13.6 Å². The Kier molecular flexibility index (Phi) is 3.57. The number of carbonyl (C=O) groups is 1. The van der Waals surface area contributed by atoms with Crippen LogP contribution in [-0.4, -0.2) is 37.1 Å². The number of halogens is 2. The van der Waals surface area contributed by atoms with Crippen LogP contribution in [0.1, 0.15) is 27.2 Å². The average molecular weight is 235 g/mol. The van der Waals surface area contributed by atoms with Crippen molar-refractivity contribution in [3.8, 4) is 0 Å². The van der Waals surface area contributed by atoms with Gasteiger partial charge in [0.15, 0.2) is 0 Å². The van der Waals surface area contributed by atoms with E-state index in [1.807, 2.05) is 0 Å². The van der Waals surface area contributed by atoms with E-state index in [0.29, 0.717) is 13.0 Å². The van der Waals surface area contributed by atoms with E-state index in [-0.39, 0.29) is 18.4 Å². The van der Waals surface area contributed by atoms with Gasteiger partial charge >= 0.3 is 6.11 Å². The lowest BCUT2D eigenvalue weighted by Crippen LogP contribution is -2.38. The lowest BCUT2D eigenvalue weighted by atomic mass is 9.95. The maximum absolute atomic E-state index is 13.5. The summed E-state index contributed by atoms with van der Waals surface area (Å²) >= 11 is 0. The Bertz CT molecular complexity index is 274. The van der Waals surface area contributed by atoms with Crippen molar-refractivity contribution < 1.29 is 18.3 Å². The molecular formula is C11H19F2NO2. The standard InChI is InChI=1S/C11H19F2NO2/c1-10(2,3)11(12,13)16-7-8-5-9(15)14(4)6-8/h8H,5-7H2,1-4H3. The maximum Gasteiger partial charge on any atom is 0.360 e. The lowest BCUT2D eigenvalue weighted by molar-refractivity contribution is -0.298. The summed E-state index contributed by atoms with van der Waals surface area (Å²) in [5.74, 6) is -0.126. The Morgan fingerprint density at radius 3 is 2.38 bits per heavy atom. The highest BCUT2D eigenvalue weighted by molar-refractivity contribution is 5.78. The molecule has 1 rings (SSSR count). The van der Waals surface area contributed by atoms with Gasteiger partial charge in [-0.2, -0.15) is 8.78 Å². The van der Waals surface area contributed by atoms with Gasteiger partial charge in [-0.15, -0.1) is 0 Å². The summed E-state index contributed by atoms with van der Waals surface area (Å²) in [5.41, 5.74) is -1.22. The number of likely N-dealkylation sites (tertiary alicyclic amines) is 1. The number of carbonyl (C=O) groups excluding carboxylic acids is 1. The Balaban J connectivity index is 2.44. The molecule has 1 aliphatic rings. The van der Waals surface area contributed by atoms with Crippen LogP contribution in [0.3, 0.4) is 0 Å². The molecule has 1 atom stereocenters. The number of hydrogen-bond acceptors (Lipinski definition) is 2. The smallest absolute Gasteiger partial charge is 0.345 e. The Hall–Kier alpha value is -0.710. The molecule has 1 unspecified atom stereocenters. The van der Waals surface area contributed by atoms with Crippen molar-refractivity contribution in [2.45, 2.75) is 33.3 Å². The molecule has 1 amide bonds. The van der Waals surface area contributed by atoms with Crippen molar-refractivity contribution in [2.24, 2.45) is 11.3 Å². The van der Waals surface area contributed by atoms with Crippen molar-refractivity contribution >= 4 is 5.91 Å². The fourth-order valence-corrected chi connectivity index (χ4v) is 1.51. The number of amides is 1. The molecule has 0 spiro atoms. The Labute approximate surface area is 94.7 Å². The first-order valence-electron chi connectivity index (χ1n) is 5.39. The van der Waals surface area contributed by atoms with Crippen LogP contribution in [0.15, 0.2) is 0 Å². The summed E-state index contributed by atoms with van der Waals surface area (Å²) in [6.07, 6.45) is -2.85. The highest BCUT2D eigenvalue weighted by Crippen LogP contribution is 2.37. The van der Waals surface area contributed by atoms with Crippen molar-refractivity contribution in [2.75, 3.05) is 20.2 Å². The van der Waals surface area contributed by atoms with Crippen molar-refractivity contribution in [1.29, 1.82) is 0 Å². The third-order valence-electron chi connectivity index (χ3n) is 2.79. The second-order valence-electron chi connectivity index (χ2n) is 5.42. The number of nitrogens with zero attached hydrogens (tertiary/aromatic N) is 1. The fraction of sp³-hybridized carbons (Fsp3) is 0.909. The van der Waals surface area contributed by atoms with Gasteiger partial charge in [0.2, 0.25) is 5.91 Å². The summed E-state index contributed by atoms with van der Waals surface area (Å²) < 4.78 is 31.6.